The van der Waals surface area contributed by atoms with Crippen molar-refractivity contribution in [2.24, 2.45) is 10.4 Å². The van der Waals surface area contributed by atoms with Crippen LogP contribution in [-0.4, -0.2) is 17.5 Å². The van der Waals surface area contributed by atoms with Gasteiger partial charge in [0.15, 0.2) is 5.17 Å². The van der Waals surface area contributed by atoms with Crippen molar-refractivity contribution in [3.05, 3.63) is 29.0 Å². The Labute approximate surface area is 122 Å². The molecule has 1 aromatic rings. The zero-order chi connectivity index (χ0) is 13.9. The van der Waals surface area contributed by atoms with Gasteiger partial charge in [-0.3, -0.25) is 4.99 Å². The number of nitrogens with one attached hydrogen (secondary N) is 1. The van der Waals surface area contributed by atoms with Crippen LogP contribution in [0.5, 0.6) is 0 Å². The Morgan fingerprint density at radius 3 is 2.74 bits per heavy atom. The molecular formula is C14H18ClFN2S. The Hall–Kier alpha value is -0.740. The number of nitrogens with zero attached hydrogens (tertiary/aromatic N) is 1. The standard InChI is InChI=1S/C14H18ClFN2S/c1-3-14(4-2)8-17-13(19-9-14)18-12-7-10(16)5-6-11(12)15/h5-7H,3-4,8-9H2,1-2H3,(H,17,18). The maximum absolute atomic E-state index is 13.2. The lowest BCUT2D eigenvalue weighted by Crippen LogP contribution is -2.32. The molecule has 0 radical (unpaired) electrons. The Morgan fingerprint density at radius 1 is 1.42 bits per heavy atom. The Kier molecular flexibility index (Phi) is 4.74. The maximum atomic E-state index is 13.2. The molecule has 0 fully saturated rings. The van der Waals surface area contributed by atoms with E-state index >= 15 is 0 Å². The number of hydrogen-bond acceptors (Lipinski definition) is 3. The van der Waals surface area contributed by atoms with Crippen LogP contribution in [0.1, 0.15) is 26.7 Å². The first-order chi connectivity index (χ1) is 9.08. The lowest BCUT2D eigenvalue weighted by atomic mass is 9.84. The summed E-state index contributed by atoms with van der Waals surface area (Å²) in [7, 11) is 0. The molecule has 1 aromatic carbocycles. The molecule has 2 nitrogen and oxygen atoms in total. The smallest absolute Gasteiger partial charge is 0.161 e. The van der Waals surface area contributed by atoms with Crippen LogP contribution >= 0.6 is 23.4 Å². The number of thioether (sulfide) groups is 1. The molecule has 0 bridgehead atoms. The SMILES string of the molecule is CCC1(CC)CN=C(Nc2cc(F)ccc2Cl)SC1. The van der Waals surface area contributed by atoms with E-state index in [1.807, 2.05) is 0 Å². The summed E-state index contributed by atoms with van der Waals surface area (Å²) in [6.07, 6.45) is 2.27. The first-order valence-corrected chi connectivity index (χ1v) is 7.84. The van der Waals surface area contributed by atoms with Crippen molar-refractivity contribution in [1.82, 2.24) is 0 Å². The van der Waals surface area contributed by atoms with Crippen LogP contribution in [0.4, 0.5) is 10.1 Å². The van der Waals surface area contributed by atoms with Crippen molar-refractivity contribution in [2.45, 2.75) is 26.7 Å². The normalized spacial score (nSPS) is 18.0. The number of halogens is 2. The third-order valence-corrected chi connectivity index (χ3v) is 5.33. The van der Waals surface area contributed by atoms with E-state index in [-0.39, 0.29) is 5.82 Å². The molecule has 0 saturated heterocycles. The van der Waals surface area contributed by atoms with Gasteiger partial charge in [-0.25, -0.2) is 4.39 Å². The molecule has 2 rings (SSSR count). The summed E-state index contributed by atoms with van der Waals surface area (Å²) >= 11 is 7.72. The fourth-order valence-electron chi connectivity index (χ4n) is 2.01. The van der Waals surface area contributed by atoms with Crippen molar-refractivity contribution >= 4 is 34.2 Å². The molecule has 1 N–H and O–H groups in total. The molecule has 0 saturated carbocycles. The highest BCUT2D eigenvalue weighted by Crippen LogP contribution is 2.36. The van der Waals surface area contributed by atoms with Crippen molar-refractivity contribution in [1.29, 1.82) is 0 Å². The first-order valence-electron chi connectivity index (χ1n) is 6.48. The number of benzene rings is 1. The summed E-state index contributed by atoms with van der Waals surface area (Å²) < 4.78 is 13.2. The average Bonchev–Trinajstić information content (AvgIpc) is 2.44. The van der Waals surface area contributed by atoms with Gasteiger partial charge in [0.1, 0.15) is 5.82 Å². The lowest BCUT2D eigenvalue weighted by Gasteiger charge is -2.33. The van der Waals surface area contributed by atoms with E-state index in [1.165, 1.54) is 12.1 Å². The lowest BCUT2D eigenvalue weighted by molar-refractivity contribution is 0.318. The topological polar surface area (TPSA) is 24.4 Å². The Morgan fingerprint density at radius 2 is 2.16 bits per heavy atom. The first kappa shape index (κ1) is 14.7. The average molecular weight is 301 g/mol. The molecular weight excluding hydrogens is 283 g/mol. The van der Waals surface area contributed by atoms with Crippen molar-refractivity contribution in [3.63, 3.8) is 0 Å². The summed E-state index contributed by atoms with van der Waals surface area (Å²) in [6.45, 7) is 5.24. The summed E-state index contributed by atoms with van der Waals surface area (Å²) in [5.41, 5.74) is 0.884. The molecule has 19 heavy (non-hydrogen) atoms. The monoisotopic (exact) mass is 300 g/mol. The zero-order valence-electron chi connectivity index (χ0n) is 11.2. The van der Waals surface area contributed by atoms with E-state index in [2.05, 4.69) is 24.2 Å². The van der Waals surface area contributed by atoms with E-state index < -0.39 is 0 Å². The van der Waals surface area contributed by atoms with Gasteiger partial charge in [0.2, 0.25) is 0 Å². The maximum Gasteiger partial charge on any atom is 0.161 e. The van der Waals surface area contributed by atoms with E-state index in [1.54, 1.807) is 17.8 Å². The van der Waals surface area contributed by atoms with E-state index in [0.29, 0.717) is 16.1 Å². The Bertz CT molecular complexity index is 486. The van der Waals surface area contributed by atoms with Gasteiger partial charge in [0.25, 0.3) is 0 Å². The van der Waals surface area contributed by atoms with E-state index in [4.69, 9.17) is 11.6 Å². The van der Waals surface area contributed by atoms with Gasteiger partial charge in [0, 0.05) is 12.3 Å². The largest absolute Gasteiger partial charge is 0.334 e. The van der Waals surface area contributed by atoms with E-state index in [0.717, 1.165) is 30.3 Å². The molecule has 0 atom stereocenters. The summed E-state index contributed by atoms with van der Waals surface area (Å²) in [4.78, 5) is 4.58. The fourth-order valence-corrected chi connectivity index (χ4v) is 3.46. The molecule has 1 heterocycles. The molecule has 0 amide bonds. The second-order valence-electron chi connectivity index (χ2n) is 4.87. The van der Waals surface area contributed by atoms with Crippen LogP contribution in [0.2, 0.25) is 5.02 Å². The van der Waals surface area contributed by atoms with Crippen LogP contribution in [0.15, 0.2) is 23.2 Å². The molecule has 104 valence electrons. The fraction of sp³-hybridized carbons (Fsp3) is 0.500. The zero-order valence-corrected chi connectivity index (χ0v) is 12.7. The number of aliphatic imine (C=N–C) groups is 1. The summed E-state index contributed by atoms with van der Waals surface area (Å²) in [6, 6.07) is 4.30. The van der Waals surface area contributed by atoms with Gasteiger partial charge in [0.05, 0.1) is 10.7 Å². The molecule has 1 aliphatic heterocycles. The minimum absolute atomic E-state index is 0.301. The minimum Gasteiger partial charge on any atom is -0.334 e. The van der Waals surface area contributed by atoms with Crippen LogP contribution in [0.3, 0.4) is 0 Å². The van der Waals surface area contributed by atoms with Crippen LogP contribution in [0.25, 0.3) is 0 Å². The highest BCUT2D eigenvalue weighted by Gasteiger charge is 2.30. The van der Waals surface area contributed by atoms with Crippen LogP contribution < -0.4 is 5.32 Å². The second kappa shape index (κ2) is 6.14. The van der Waals surface area contributed by atoms with Crippen molar-refractivity contribution < 1.29 is 4.39 Å². The number of anilines is 1. The van der Waals surface area contributed by atoms with Gasteiger partial charge in [-0.1, -0.05) is 37.2 Å². The molecule has 1 aliphatic rings. The van der Waals surface area contributed by atoms with Crippen LogP contribution in [0, 0.1) is 11.2 Å². The number of hydrogen-bond donors (Lipinski definition) is 1. The molecule has 5 heteroatoms. The molecule has 0 aliphatic carbocycles. The van der Waals surface area contributed by atoms with Gasteiger partial charge >= 0.3 is 0 Å². The number of rotatable bonds is 3. The highest BCUT2D eigenvalue weighted by atomic mass is 35.5. The van der Waals surface area contributed by atoms with Gasteiger partial charge in [-0.2, -0.15) is 0 Å². The predicted octanol–water partition coefficient (Wildman–Crippen LogP) is 4.80. The molecule has 0 unspecified atom stereocenters. The third kappa shape index (κ3) is 3.42. The Balaban J connectivity index is 2.09. The van der Waals surface area contributed by atoms with Gasteiger partial charge in [-0.05, 0) is 36.5 Å². The summed E-state index contributed by atoms with van der Waals surface area (Å²) in [5, 5.41) is 4.45. The van der Waals surface area contributed by atoms with E-state index in [9.17, 15) is 4.39 Å². The summed E-state index contributed by atoms with van der Waals surface area (Å²) in [5.74, 6) is 0.739. The third-order valence-electron chi connectivity index (χ3n) is 3.74. The number of amidine groups is 1. The molecule has 0 spiro atoms. The second-order valence-corrected chi connectivity index (χ2v) is 6.24. The van der Waals surface area contributed by atoms with Crippen molar-refractivity contribution in [3.8, 4) is 0 Å². The highest BCUT2D eigenvalue weighted by molar-refractivity contribution is 8.14. The molecule has 0 aromatic heterocycles. The van der Waals surface area contributed by atoms with Crippen molar-refractivity contribution in [2.75, 3.05) is 17.6 Å². The minimum atomic E-state index is -0.301. The quantitative estimate of drug-likeness (QED) is 0.867. The van der Waals surface area contributed by atoms with Crippen LogP contribution in [-0.2, 0) is 0 Å². The van der Waals surface area contributed by atoms with Gasteiger partial charge < -0.3 is 5.32 Å². The predicted molar refractivity (Wildman–Crippen MR) is 82.8 cm³/mol. The van der Waals surface area contributed by atoms with Gasteiger partial charge in [-0.15, -0.1) is 0 Å².